The second-order valence-corrected chi connectivity index (χ2v) is 8.21. The highest BCUT2D eigenvalue weighted by molar-refractivity contribution is 5.78. The number of carbonyl (C=O) groups is 1. The molecule has 2 aromatic rings. The van der Waals surface area contributed by atoms with Crippen molar-refractivity contribution < 1.29 is 9.21 Å². The summed E-state index contributed by atoms with van der Waals surface area (Å²) < 4.78 is 5.72. The quantitative estimate of drug-likeness (QED) is 0.831. The van der Waals surface area contributed by atoms with Gasteiger partial charge in [-0.25, -0.2) is 0 Å². The normalized spacial score (nSPS) is 20.1. The number of piperidine rings is 2. The van der Waals surface area contributed by atoms with Crippen molar-refractivity contribution in [1.82, 2.24) is 14.8 Å². The molecule has 27 heavy (non-hydrogen) atoms. The van der Waals surface area contributed by atoms with Crippen LogP contribution in [0.5, 0.6) is 0 Å². The fourth-order valence-electron chi connectivity index (χ4n) is 4.50. The van der Waals surface area contributed by atoms with Gasteiger partial charge in [0.05, 0.1) is 13.0 Å². The van der Waals surface area contributed by atoms with Crippen LogP contribution >= 0.6 is 0 Å². The summed E-state index contributed by atoms with van der Waals surface area (Å²) in [5.41, 5.74) is 1.44. The van der Waals surface area contributed by atoms with Gasteiger partial charge in [-0.2, -0.15) is 0 Å². The summed E-state index contributed by atoms with van der Waals surface area (Å²) in [7, 11) is 0. The van der Waals surface area contributed by atoms with Gasteiger partial charge < -0.3 is 9.32 Å². The van der Waals surface area contributed by atoms with E-state index in [0.717, 1.165) is 62.6 Å². The van der Waals surface area contributed by atoms with Crippen LogP contribution in [0.4, 0.5) is 0 Å². The molecular formula is C22H29N3O2. The molecule has 0 N–H and O–H groups in total. The maximum atomic E-state index is 12.6. The summed E-state index contributed by atoms with van der Waals surface area (Å²) in [6.45, 7) is 6.97. The van der Waals surface area contributed by atoms with E-state index in [1.165, 1.54) is 12.8 Å². The molecule has 0 unspecified atom stereocenters. The van der Waals surface area contributed by atoms with E-state index >= 15 is 0 Å². The van der Waals surface area contributed by atoms with E-state index in [4.69, 9.17) is 4.42 Å². The Bertz CT molecular complexity index is 753. The minimum absolute atomic E-state index is 0.239. The first-order valence-electron chi connectivity index (χ1n) is 10.1. The second-order valence-electron chi connectivity index (χ2n) is 8.21. The lowest BCUT2D eigenvalue weighted by atomic mass is 9.71. The van der Waals surface area contributed by atoms with Crippen LogP contribution in [0, 0.1) is 12.3 Å². The minimum Gasteiger partial charge on any atom is -0.465 e. The summed E-state index contributed by atoms with van der Waals surface area (Å²) in [6, 6.07) is 8.00. The van der Waals surface area contributed by atoms with Crippen molar-refractivity contribution in [2.75, 3.05) is 26.2 Å². The van der Waals surface area contributed by atoms with Crippen LogP contribution in [0.1, 0.15) is 42.8 Å². The van der Waals surface area contributed by atoms with E-state index in [2.05, 4.69) is 20.9 Å². The molecule has 4 rings (SSSR count). The van der Waals surface area contributed by atoms with Gasteiger partial charge in [-0.1, -0.05) is 6.07 Å². The van der Waals surface area contributed by atoms with Gasteiger partial charge in [-0.3, -0.25) is 14.7 Å². The molecule has 1 spiro atoms. The van der Waals surface area contributed by atoms with Crippen LogP contribution in [0.2, 0.25) is 0 Å². The van der Waals surface area contributed by atoms with Crippen molar-refractivity contribution >= 4 is 5.91 Å². The molecule has 5 heteroatoms. The molecule has 0 aliphatic carbocycles. The van der Waals surface area contributed by atoms with Crippen LogP contribution in [0.15, 0.2) is 41.1 Å². The summed E-state index contributed by atoms with van der Waals surface area (Å²) in [5, 5.41) is 0. The number of hydrogen-bond acceptors (Lipinski definition) is 4. The smallest absolute Gasteiger partial charge is 0.227 e. The maximum absolute atomic E-state index is 12.6. The number of rotatable bonds is 4. The van der Waals surface area contributed by atoms with Gasteiger partial charge in [-0.05, 0) is 74.9 Å². The predicted octanol–water partition coefficient (Wildman–Crippen LogP) is 3.43. The molecule has 0 radical (unpaired) electrons. The van der Waals surface area contributed by atoms with Gasteiger partial charge in [0.25, 0.3) is 0 Å². The molecule has 2 aliphatic rings. The third kappa shape index (κ3) is 4.41. The van der Waals surface area contributed by atoms with E-state index in [-0.39, 0.29) is 5.91 Å². The molecule has 0 bridgehead atoms. The summed E-state index contributed by atoms with van der Waals surface area (Å²) in [4.78, 5) is 21.2. The van der Waals surface area contributed by atoms with Crippen molar-refractivity contribution in [3.63, 3.8) is 0 Å². The number of aryl methyl sites for hydroxylation is 1. The SMILES string of the molecule is Cc1ccc(CN2CCC3(CC2)CCN(C(=O)Cc2cccnc2)CC3)o1. The van der Waals surface area contributed by atoms with Crippen LogP contribution in [-0.4, -0.2) is 46.9 Å². The monoisotopic (exact) mass is 367 g/mol. The molecule has 2 fully saturated rings. The Morgan fingerprint density at radius 1 is 1.11 bits per heavy atom. The lowest BCUT2D eigenvalue weighted by molar-refractivity contribution is -0.133. The number of amides is 1. The minimum atomic E-state index is 0.239. The van der Waals surface area contributed by atoms with Crippen LogP contribution in [0.3, 0.4) is 0 Å². The van der Waals surface area contributed by atoms with E-state index in [0.29, 0.717) is 11.8 Å². The van der Waals surface area contributed by atoms with Crippen molar-refractivity contribution in [2.45, 2.75) is 45.6 Å². The Morgan fingerprint density at radius 2 is 1.85 bits per heavy atom. The number of carbonyl (C=O) groups excluding carboxylic acids is 1. The van der Waals surface area contributed by atoms with Crippen molar-refractivity contribution in [3.05, 3.63) is 53.7 Å². The Morgan fingerprint density at radius 3 is 2.48 bits per heavy atom. The van der Waals surface area contributed by atoms with E-state index in [1.54, 1.807) is 12.4 Å². The number of nitrogens with zero attached hydrogens (tertiary/aromatic N) is 3. The molecule has 0 saturated carbocycles. The summed E-state index contributed by atoms with van der Waals surface area (Å²) in [6.07, 6.45) is 8.75. The summed E-state index contributed by atoms with van der Waals surface area (Å²) >= 11 is 0. The van der Waals surface area contributed by atoms with Gasteiger partial charge in [0, 0.05) is 25.5 Å². The number of likely N-dealkylation sites (tertiary alicyclic amines) is 2. The van der Waals surface area contributed by atoms with Gasteiger partial charge in [0.15, 0.2) is 0 Å². The highest BCUT2D eigenvalue weighted by Crippen LogP contribution is 2.41. The van der Waals surface area contributed by atoms with E-state index in [1.807, 2.05) is 25.1 Å². The zero-order chi connectivity index (χ0) is 18.7. The third-order valence-electron chi connectivity index (χ3n) is 6.35. The zero-order valence-corrected chi connectivity index (χ0v) is 16.2. The fourth-order valence-corrected chi connectivity index (χ4v) is 4.50. The molecule has 2 saturated heterocycles. The first-order chi connectivity index (χ1) is 13.1. The van der Waals surface area contributed by atoms with Crippen LogP contribution in [0.25, 0.3) is 0 Å². The number of furan rings is 1. The van der Waals surface area contributed by atoms with Crippen molar-refractivity contribution in [2.24, 2.45) is 5.41 Å². The van der Waals surface area contributed by atoms with Crippen molar-refractivity contribution in [1.29, 1.82) is 0 Å². The van der Waals surface area contributed by atoms with Gasteiger partial charge in [0.1, 0.15) is 11.5 Å². The zero-order valence-electron chi connectivity index (χ0n) is 16.2. The van der Waals surface area contributed by atoms with Gasteiger partial charge in [0.2, 0.25) is 5.91 Å². The van der Waals surface area contributed by atoms with Crippen LogP contribution < -0.4 is 0 Å². The topological polar surface area (TPSA) is 49.6 Å². The van der Waals surface area contributed by atoms with Gasteiger partial charge in [-0.15, -0.1) is 0 Å². The Kier molecular flexibility index (Phi) is 5.30. The molecule has 0 atom stereocenters. The molecule has 2 aromatic heterocycles. The molecule has 2 aliphatic heterocycles. The third-order valence-corrected chi connectivity index (χ3v) is 6.35. The van der Waals surface area contributed by atoms with Gasteiger partial charge >= 0.3 is 0 Å². The molecule has 144 valence electrons. The maximum Gasteiger partial charge on any atom is 0.227 e. The van der Waals surface area contributed by atoms with E-state index in [9.17, 15) is 4.79 Å². The average molecular weight is 367 g/mol. The molecule has 5 nitrogen and oxygen atoms in total. The predicted molar refractivity (Wildman–Crippen MR) is 104 cm³/mol. The Balaban J connectivity index is 1.25. The Labute approximate surface area is 161 Å². The lowest BCUT2D eigenvalue weighted by Gasteiger charge is -2.46. The summed E-state index contributed by atoms with van der Waals surface area (Å²) in [5.74, 6) is 2.30. The second kappa shape index (κ2) is 7.85. The molecule has 4 heterocycles. The molecule has 0 aromatic carbocycles. The number of aromatic nitrogens is 1. The number of pyridine rings is 1. The standard InChI is InChI=1S/C22H29N3O2/c1-18-4-5-20(27-18)17-24-11-6-22(7-12-24)8-13-25(14-9-22)21(26)15-19-3-2-10-23-16-19/h2-5,10,16H,6-9,11-15,17H2,1H3. The first-order valence-corrected chi connectivity index (χ1v) is 10.1. The molecule has 1 amide bonds. The first kappa shape index (κ1) is 18.2. The highest BCUT2D eigenvalue weighted by atomic mass is 16.3. The van der Waals surface area contributed by atoms with Crippen LogP contribution in [-0.2, 0) is 17.8 Å². The average Bonchev–Trinajstić information content (AvgIpc) is 3.10. The number of hydrogen-bond donors (Lipinski definition) is 0. The fraction of sp³-hybridized carbons (Fsp3) is 0.545. The lowest BCUT2D eigenvalue weighted by Crippen LogP contribution is -2.48. The highest BCUT2D eigenvalue weighted by Gasteiger charge is 2.38. The Hall–Kier alpha value is -2.14. The van der Waals surface area contributed by atoms with Crippen molar-refractivity contribution in [3.8, 4) is 0 Å². The van der Waals surface area contributed by atoms with E-state index < -0.39 is 0 Å². The largest absolute Gasteiger partial charge is 0.465 e. The molecular weight excluding hydrogens is 338 g/mol.